The molecule has 0 atom stereocenters. The summed E-state index contributed by atoms with van der Waals surface area (Å²) < 4.78 is 0.453. The lowest BCUT2D eigenvalue weighted by molar-refractivity contribution is -0.385. The number of urea groups is 1. The molecule has 0 aliphatic heterocycles. The zero-order chi connectivity index (χ0) is 16.4. The van der Waals surface area contributed by atoms with Crippen molar-refractivity contribution in [2.45, 2.75) is 26.3 Å². The fourth-order valence-electron chi connectivity index (χ4n) is 1.44. The molecule has 2 amide bonds. The molecule has 0 fully saturated rings. The number of nitro benzene ring substituents is 1. The fourth-order valence-corrected chi connectivity index (χ4v) is 2.00. The molecule has 0 aliphatic rings. The van der Waals surface area contributed by atoms with Crippen LogP contribution in [0.3, 0.4) is 0 Å². The first kappa shape index (κ1) is 16.9. The van der Waals surface area contributed by atoms with E-state index in [1.165, 1.54) is 26.0 Å². The van der Waals surface area contributed by atoms with Crippen LogP contribution in [0.1, 0.15) is 19.4 Å². The number of carboxylic acid groups (broad SMARTS) is 1. The highest BCUT2D eigenvalue weighted by molar-refractivity contribution is 9.10. The number of carboxylic acids is 1. The van der Waals surface area contributed by atoms with Crippen LogP contribution in [-0.2, 0) is 4.79 Å². The van der Waals surface area contributed by atoms with Crippen LogP contribution in [-0.4, -0.2) is 27.6 Å². The molecule has 0 spiro atoms. The minimum Gasteiger partial charge on any atom is -0.480 e. The van der Waals surface area contributed by atoms with E-state index in [-0.39, 0.29) is 11.4 Å². The monoisotopic (exact) mass is 359 g/mol. The molecule has 1 rings (SSSR count). The number of hydrogen-bond donors (Lipinski definition) is 3. The third kappa shape index (κ3) is 4.15. The summed E-state index contributed by atoms with van der Waals surface area (Å²) in [6.45, 7) is 4.21. The van der Waals surface area contributed by atoms with Crippen LogP contribution in [0.2, 0.25) is 0 Å². The van der Waals surface area contributed by atoms with E-state index in [4.69, 9.17) is 5.11 Å². The van der Waals surface area contributed by atoms with E-state index in [2.05, 4.69) is 26.6 Å². The van der Waals surface area contributed by atoms with E-state index in [1.807, 2.05) is 0 Å². The topological polar surface area (TPSA) is 122 Å². The van der Waals surface area contributed by atoms with Crippen molar-refractivity contribution in [3.05, 3.63) is 32.3 Å². The van der Waals surface area contributed by atoms with Gasteiger partial charge in [-0.05, 0) is 42.8 Å². The van der Waals surface area contributed by atoms with Gasteiger partial charge in [-0.3, -0.25) is 10.1 Å². The maximum absolute atomic E-state index is 11.8. The number of rotatable bonds is 4. The number of carbonyl (C=O) groups excluding carboxylic acids is 1. The molecular weight excluding hydrogens is 346 g/mol. The normalized spacial score (nSPS) is 10.9. The third-order valence-corrected chi connectivity index (χ3v) is 3.35. The van der Waals surface area contributed by atoms with Crippen LogP contribution in [0.25, 0.3) is 0 Å². The number of aliphatic carboxylic acids is 1. The quantitative estimate of drug-likeness (QED) is 0.563. The van der Waals surface area contributed by atoms with Gasteiger partial charge in [0.25, 0.3) is 5.69 Å². The van der Waals surface area contributed by atoms with Crippen molar-refractivity contribution in [3.63, 3.8) is 0 Å². The molecule has 9 heteroatoms. The molecule has 1 aromatic rings. The molecule has 3 N–H and O–H groups in total. The number of benzene rings is 1. The smallest absolute Gasteiger partial charge is 0.328 e. The summed E-state index contributed by atoms with van der Waals surface area (Å²) >= 11 is 3.19. The number of nitrogens with one attached hydrogen (secondary N) is 2. The van der Waals surface area contributed by atoms with Crippen molar-refractivity contribution in [2.75, 3.05) is 5.32 Å². The second kappa shape index (κ2) is 6.08. The Hall–Kier alpha value is -2.16. The van der Waals surface area contributed by atoms with Gasteiger partial charge < -0.3 is 15.7 Å². The zero-order valence-electron chi connectivity index (χ0n) is 11.6. The van der Waals surface area contributed by atoms with Crippen LogP contribution in [0, 0.1) is 17.0 Å². The van der Waals surface area contributed by atoms with Crippen LogP contribution < -0.4 is 10.6 Å². The summed E-state index contributed by atoms with van der Waals surface area (Å²) in [6.07, 6.45) is 0. The van der Waals surface area contributed by atoms with Gasteiger partial charge in [0.2, 0.25) is 0 Å². The van der Waals surface area contributed by atoms with Crippen molar-refractivity contribution in [3.8, 4) is 0 Å². The van der Waals surface area contributed by atoms with Gasteiger partial charge in [0, 0.05) is 16.1 Å². The molecular formula is C12H14BrN3O5. The van der Waals surface area contributed by atoms with Gasteiger partial charge in [0.05, 0.1) is 10.6 Å². The second-order valence-corrected chi connectivity index (χ2v) is 5.74. The summed E-state index contributed by atoms with van der Waals surface area (Å²) in [5.74, 6) is -1.20. The minimum absolute atomic E-state index is 0.147. The first-order valence-electron chi connectivity index (χ1n) is 5.81. The van der Waals surface area contributed by atoms with Gasteiger partial charge >= 0.3 is 12.0 Å². The van der Waals surface area contributed by atoms with E-state index in [1.54, 1.807) is 6.92 Å². The highest BCUT2D eigenvalue weighted by Gasteiger charge is 2.29. The van der Waals surface area contributed by atoms with Crippen molar-refractivity contribution in [1.82, 2.24) is 5.32 Å². The number of halogens is 1. The fraction of sp³-hybridized carbons (Fsp3) is 0.333. The van der Waals surface area contributed by atoms with Crippen LogP contribution in [0.5, 0.6) is 0 Å². The van der Waals surface area contributed by atoms with E-state index in [0.717, 1.165) is 0 Å². The molecule has 21 heavy (non-hydrogen) atoms. The number of aryl methyl sites for hydroxylation is 1. The number of nitro groups is 1. The lowest BCUT2D eigenvalue weighted by Gasteiger charge is -2.21. The number of amides is 2. The van der Waals surface area contributed by atoms with E-state index in [0.29, 0.717) is 10.0 Å². The Morgan fingerprint density at radius 3 is 2.43 bits per heavy atom. The average Bonchev–Trinajstić information content (AvgIpc) is 2.31. The molecule has 0 radical (unpaired) electrons. The summed E-state index contributed by atoms with van der Waals surface area (Å²) in [7, 11) is 0. The summed E-state index contributed by atoms with van der Waals surface area (Å²) in [6, 6.07) is 1.92. The van der Waals surface area contributed by atoms with Gasteiger partial charge in [-0.2, -0.15) is 0 Å². The minimum atomic E-state index is -1.47. The van der Waals surface area contributed by atoms with Crippen molar-refractivity contribution in [2.24, 2.45) is 0 Å². The number of nitrogens with zero attached hydrogens (tertiary/aromatic N) is 1. The molecule has 0 aliphatic carbocycles. The maximum atomic E-state index is 11.8. The largest absolute Gasteiger partial charge is 0.480 e. The number of carbonyl (C=O) groups is 2. The highest BCUT2D eigenvalue weighted by Crippen LogP contribution is 2.30. The lowest BCUT2D eigenvalue weighted by atomic mass is 10.1. The third-order valence-electron chi connectivity index (χ3n) is 2.69. The molecule has 0 saturated heterocycles. The molecule has 0 heterocycles. The average molecular weight is 360 g/mol. The molecule has 1 aromatic carbocycles. The Morgan fingerprint density at radius 2 is 1.95 bits per heavy atom. The van der Waals surface area contributed by atoms with Gasteiger partial charge in [-0.1, -0.05) is 0 Å². The highest BCUT2D eigenvalue weighted by atomic mass is 79.9. The molecule has 0 bridgehead atoms. The molecule has 0 saturated carbocycles. The Bertz CT molecular complexity index is 615. The lowest BCUT2D eigenvalue weighted by Crippen LogP contribution is -2.51. The van der Waals surface area contributed by atoms with Crippen LogP contribution in [0.15, 0.2) is 16.6 Å². The molecule has 114 valence electrons. The van der Waals surface area contributed by atoms with E-state index in [9.17, 15) is 19.7 Å². The Kier molecular flexibility index (Phi) is 4.89. The maximum Gasteiger partial charge on any atom is 0.328 e. The van der Waals surface area contributed by atoms with Crippen LogP contribution >= 0.6 is 15.9 Å². The van der Waals surface area contributed by atoms with Crippen molar-refractivity contribution < 1.29 is 19.6 Å². The van der Waals surface area contributed by atoms with Gasteiger partial charge in [0.1, 0.15) is 5.54 Å². The standard InChI is InChI=1S/C12H14BrN3O5/c1-6-4-7(13)8(5-9(6)16(20)21)14-11(19)15-12(2,3)10(17)18/h4-5H,1-3H3,(H,17,18)(H2,14,15,19). The number of hydrogen-bond acceptors (Lipinski definition) is 4. The van der Waals surface area contributed by atoms with E-state index < -0.39 is 22.5 Å². The summed E-state index contributed by atoms with van der Waals surface area (Å²) in [5.41, 5.74) is -1.01. The van der Waals surface area contributed by atoms with Gasteiger partial charge in [-0.25, -0.2) is 9.59 Å². The first-order valence-corrected chi connectivity index (χ1v) is 6.61. The predicted octanol–water partition coefficient (Wildman–Crippen LogP) is 2.65. The summed E-state index contributed by atoms with van der Waals surface area (Å²) in [5, 5.41) is 24.4. The SMILES string of the molecule is Cc1cc(Br)c(NC(=O)NC(C)(C)C(=O)O)cc1[N+](=O)[O-]. The second-order valence-electron chi connectivity index (χ2n) is 4.88. The Morgan fingerprint density at radius 1 is 1.38 bits per heavy atom. The molecule has 0 unspecified atom stereocenters. The molecule has 0 aromatic heterocycles. The number of anilines is 1. The predicted molar refractivity (Wildman–Crippen MR) is 79.4 cm³/mol. The zero-order valence-corrected chi connectivity index (χ0v) is 13.1. The van der Waals surface area contributed by atoms with Crippen molar-refractivity contribution >= 4 is 39.3 Å². The van der Waals surface area contributed by atoms with Crippen LogP contribution in [0.4, 0.5) is 16.2 Å². The molecule has 8 nitrogen and oxygen atoms in total. The van der Waals surface area contributed by atoms with Gasteiger partial charge in [0.15, 0.2) is 0 Å². The Labute approximate surface area is 128 Å². The first-order chi connectivity index (χ1) is 9.54. The van der Waals surface area contributed by atoms with E-state index >= 15 is 0 Å². The Balaban J connectivity index is 2.98. The summed E-state index contributed by atoms with van der Waals surface area (Å²) in [4.78, 5) is 33.0. The van der Waals surface area contributed by atoms with Crippen molar-refractivity contribution in [1.29, 1.82) is 0 Å². The van der Waals surface area contributed by atoms with Gasteiger partial charge in [-0.15, -0.1) is 0 Å².